The zero-order valence-electron chi connectivity index (χ0n) is 15.5. The minimum Gasteiger partial charge on any atom is -0.393 e. The standard InChI is InChI=1S/C22H34O2/c1-3-4-21(24)20-10-9-19-18-7-5-14-13-15(23)6-8-16(14)17(18)11-12-22(19,20)2/h13,16-21,24H,3-12H2,1-2H3/t16-,17+,18+,19+,20-,21-,22-/m0/s1. The molecular weight excluding hydrogens is 296 g/mol. The highest BCUT2D eigenvalue weighted by atomic mass is 16.3. The van der Waals surface area contributed by atoms with Crippen molar-refractivity contribution in [1.82, 2.24) is 0 Å². The smallest absolute Gasteiger partial charge is 0.155 e. The Balaban J connectivity index is 1.56. The van der Waals surface area contributed by atoms with Gasteiger partial charge in [-0.25, -0.2) is 0 Å². The fourth-order valence-corrected chi connectivity index (χ4v) is 7.35. The lowest BCUT2D eigenvalue weighted by Gasteiger charge is -2.54. The van der Waals surface area contributed by atoms with Gasteiger partial charge in [-0.2, -0.15) is 0 Å². The second-order valence-electron chi connectivity index (χ2n) is 9.39. The fourth-order valence-electron chi connectivity index (χ4n) is 7.35. The van der Waals surface area contributed by atoms with Crippen LogP contribution in [0.2, 0.25) is 0 Å². The maximum absolute atomic E-state index is 11.8. The minimum absolute atomic E-state index is 0.0899. The van der Waals surface area contributed by atoms with Gasteiger partial charge in [0.1, 0.15) is 0 Å². The summed E-state index contributed by atoms with van der Waals surface area (Å²) >= 11 is 0. The van der Waals surface area contributed by atoms with Crippen LogP contribution in [-0.2, 0) is 4.79 Å². The van der Waals surface area contributed by atoms with Crippen molar-refractivity contribution < 1.29 is 9.90 Å². The summed E-state index contributed by atoms with van der Waals surface area (Å²) in [5.74, 6) is 4.06. The zero-order chi connectivity index (χ0) is 16.9. The predicted molar refractivity (Wildman–Crippen MR) is 96.5 cm³/mol. The molecule has 7 atom stereocenters. The quantitative estimate of drug-likeness (QED) is 0.798. The first-order chi connectivity index (χ1) is 11.5. The van der Waals surface area contributed by atoms with Crippen molar-refractivity contribution in [3.63, 3.8) is 0 Å². The van der Waals surface area contributed by atoms with Crippen LogP contribution in [0, 0.1) is 35.0 Å². The van der Waals surface area contributed by atoms with Gasteiger partial charge in [-0.15, -0.1) is 0 Å². The van der Waals surface area contributed by atoms with Crippen LogP contribution in [0.3, 0.4) is 0 Å². The number of hydrogen-bond donors (Lipinski definition) is 1. The van der Waals surface area contributed by atoms with Crippen molar-refractivity contribution in [2.24, 2.45) is 35.0 Å². The molecule has 3 fully saturated rings. The third-order valence-electron chi connectivity index (χ3n) is 8.42. The molecule has 4 aliphatic rings. The van der Waals surface area contributed by atoms with Gasteiger partial charge in [-0.3, -0.25) is 4.79 Å². The van der Waals surface area contributed by atoms with Gasteiger partial charge in [0.15, 0.2) is 5.78 Å². The van der Waals surface area contributed by atoms with Crippen molar-refractivity contribution in [3.05, 3.63) is 11.6 Å². The summed E-state index contributed by atoms with van der Waals surface area (Å²) in [5, 5.41) is 10.7. The van der Waals surface area contributed by atoms with Gasteiger partial charge in [0.25, 0.3) is 0 Å². The molecule has 0 unspecified atom stereocenters. The molecule has 0 aromatic carbocycles. The summed E-state index contributed by atoms with van der Waals surface area (Å²) in [6.07, 6.45) is 13.5. The van der Waals surface area contributed by atoms with Crippen molar-refractivity contribution in [1.29, 1.82) is 0 Å². The first kappa shape index (κ1) is 16.8. The normalized spacial score (nSPS) is 45.9. The van der Waals surface area contributed by atoms with E-state index < -0.39 is 0 Å². The largest absolute Gasteiger partial charge is 0.393 e. The van der Waals surface area contributed by atoms with E-state index in [1.807, 2.05) is 6.08 Å². The van der Waals surface area contributed by atoms with E-state index in [1.165, 1.54) is 37.7 Å². The number of allylic oxidation sites excluding steroid dienone is 1. The van der Waals surface area contributed by atoms with E-state index in [9.17, 15) is 9.90 Å². The highest BCUT2D eigenvalue weighted by Crippen LogP contribution is 2.64. The molecule has 3 saturated carbocycles. The second kappa shape index (κ2) is 6.27. The van der Waals surface area contributed by atoms with Gasteiger partial charge in [0, 0.05) is 6.42 Å². The molecule has 0 aliphatic heterocycles. The Hall–Kier alpha value is -0.630. The number of hydrogen-bond acceptors (Lipinski definition) is 2. The van der Waals surface area contributed by atoms with Gasteiger partial charge in [0.2, 0.25) is 0 Å². The van der Waals surface area contributed by atoms with Crippen LogP contribution >= 0.6 is 0 Å². The van der Waals surface area contributed by atoms with Gasteiger partial charge in [0.05, 0.1) is 6.10 Å². The van der Waals surface area contributed by atoms with E-state index in [2.05, 4.69) is 13.8 Å². The molecule has 4 rings (SSSR count). The van der Waals surface area contributed by atoms with E-state index >= 15 is 0 Å². The van der Waals surface area contributed by atoms with Crippen molar-refractivity contribution in [2.75, 3.05) is 0 Å². The highest BCUT2D eigenvalue weighted by molar-refractivity contribution is 5.91. The van der Waals surface area contributed by atoms with Crippen molar-refractivity contribution in [3.8, 4) is 0 Å². The summed E-state index contributed by atoms with van der Waals surface area (Å²) in [6.45, 7) is 4.69. The van der Waals surface area contributed by atoms with Crippen molar-refractivity contribution >= 4 is 5.78 Å². The topological polar surface area (TPSA) is 37.3 Å². The van der Waals surface area contributed by atoms with Gasteiger partial charge in [-0.1, -0.05) is 25.8 Å². The van der Waals surface area contributed by atoms with Crippen LogP contribution in [0.25, 0.3) is 0 Å². The molecule has 0 aromatic rings. The molecule has 2 nitrogen and oxygen atoms in total. The molecule has 0 bridgehead atoms. The Labute approximate surface area is 147 Å². The Kier molecular flexibility index (Phi) is 4.39. The molecule has 0 amide bonds. The van der Waals surface area contributed by atoms with E-state index in [0.29, 0.717) is 23.0 Å². The molecule has 1 N–H and O–H groups in total. The van der Waals surface area contributed by atoms with E-state index in [1.54, 1.807) is 0 Å². The van der Waals surface area contributed by atoms with E-state index in [0.717, 1.165) is 49.9 Å². The lowest BCUT2D eigenvalue weighted by molar-refractivity contribution is -0.116. The highest BCUT2D eigenvalue weighted by Gasteiger charge is 2.57. The fraction of sp³-hybridized carbons (Fsp3) is 0.864. The van der Waals surface area contributed by atoms with Crippen molar-refractivity contribution in [2.45, 2.75) is 84.2 Å². The zero-order valence-corrected chi connectivity index (χ0v) is 15.5. The number of ketones is 1. The van der Waals surface area contributed by atoms with E-state index in [-0.39, 0.29) is 6.10 Å². The molecule has 0 heterocycles. The molecule has 0 aromatic heterocycles. The Morgan fingerprint density at radius 1 is 1.17 bits per heavy atom. The Bertz CT molecular complexity index is 536. The third kappa shape index (κ3) is 2.52. The first-order valence-electron chi connectivity index (χ1n) is 10.5. The van der Waals surface area contributed by atoms with E-state index in [4.69, 9.17) is 0 Å². The number of aliphatic hydroxyl groups excluding tert-OH is 1. The molecule has 4 aliphatic carbocycles. The van der Waals surface area contributed by atoms with Gasteiger partial charge >= 0.3 is 0 Å². The molecule has 24 heavy (non-hydrogen) atoms. The summed E-state index contributed by atoms with van der Waals surface area (Å²) in [4.78, 5) is 11.8. The first-order valence-corrected chi connectivity index (χ1v) is 10.5. The maximum Gasteiger partial charge on any atom is 0.155 e. The van der Waals surface area contributed by atoms with Crippen LogP contribution < -0.4 is 0 Å². The number of aliphatic hydroxyl groups is 1. The maximum atomic E-state index is 11.8. The van der Waals surface area contributed by atoms with Crippen LogP contribution in [0.4, 0.5) is 0 Å². The molecule has 134 valence electrons. The minimum atomic E-state index is -0.0899. The van der Waals surface area contributed by atoms with Crippen LogP contribution in [-0.4, -0.2) is 17.0 Å². The van der Waals surface area contributed by atoms with Gasteiger partial charge < -0.3 is 5.11 Å². The van der Waals surface area contributed by atoms with Crippen LogP contribution in [0.1, 0.15) is 78.1 Å². The monoisotopic (exact) mass is 330 g/mol. The average molecular weight is 331 g/mol. The summed E-state index contributed by atoms with van der Waals surface area (Å²) in [6, 6.07) is 0. The van der Waals surface area contributed by atoms with Crippen LogP contribution in [0.15, 0.2) is 11.6 Å². The summed E-state index contributed by atoms with van der Waals surface area (Å²) in [5.41, 5.74) is 1.85. The summed E-state index contributed by atoms with van der Waals surface area (Å²) in [7, 11) is 0. The molecule has 0 spiro atoms. The number of fused-ring (bicyclic) bond motifs is 5. The molecule has 0 saturated heterocycles. The molecular formula is C22H34O2. The third-order valence-corrected chi connectivity index (χ3v) is 8.42. The SMILES string of the molecule is CCC[C@H](O)[C@@H]1CC[C@@H]2[C@@H]3CCC4=CC(=O)CC[C@@H]4[C@H]3CC[C@@]21C. The number of rotatable bonds is 3. The Morgan fingerprint density at radius 3 is 2.79 bits per heavy atom. The Morgan fingerprint density at radius 2 is 2.00 bits per heavy atom. The second-order valence-corrected chi connectivity index (χ2v) is 9.39. The predicted octanol–water partition coefficient (Wildman–Crippen LogP) is 4.91. The van der Waals surface area contributed by atoms with Crippen LogP contribution in [0.5, 0.6) is 0 Å². The lowest BCUT2D eigenvalue weighted by atomic mass is 9.51. The van der Waals surface area contributed by atoms with Gasteiger partial charge in [-0.05, 0) is 92.4 Å². The number of carbonyl (C=O) groups excluding carboxylic acids is 1. The number of carbonyl (C=O) groups is 1. The summed E-state index contributed by atoms with van der Waals surface area (Å²) < 4.78 is 0. The lowest BCUT2D eigenvalue weighted by Crippen LogP contribution is -2.48. The average Bonchev–Trinajstić information content (AvgIpc) is 2.92. The molecule has 0 radical (unpaired) electrons. The molecule has 2 heteroatoms.